The second-order valence-corrected chi connectivity index (χ2v) is 7.71. The van der Waals surface area contributed by atoms with E-state index in [1.54, 1.807) is 0 Å². The Morgan fingerprint density at radius 1 is 0.895 bits per heavy atom. The molecule has 1 aliphatic carbocycles. The molecule has 1 aromatic carbocycles. The molecule has 1 spiro atoms. The van der Waals surface area contributed by atoms with Gasteiger partial charge < -0.3 is 0 Å². The van der Waals surface area contributed by atoms with Crippen molar-refractivity contribution in [2.45, 2.75) is 51.5 Å². The first-order valence-electron chi connectivity index (χ1n) is 7.73. The first-order chi connectivity index (χ1) is 9.26. The van der Waals surface area contributed by atoms with E-state index in [9.17, 15) is 0 Å². The molecular weight excluding hydrogens is 345 g/mol. The lowest BCUT2D eigenvalue weighted by molar-refractivity contribution is 0.0641. The average molecular weight is 369 g/mol. The van der Waals surface area contributed by atoms with Crippen molar-refractivity contribution >= 4 is 22.6 Å². The zero-order valence-corrected chi connectivity index (χ0v) is 13.9. The van der Waals surface area contributed by atoms with E-state index in [0.717, 1.165) is 12.0 Å². The summed E-state index contributed by atoms with van der Waals surface area (Å²) in [6.45, 7) is 3.77. The highest BCUT2D eigenvalue weighted by Crippen LogP contribution is 2.44. The summed E-state index contributed by atoms with van der Waals surface area (Å²) < 4.78 is 1.33. The number of piperidine rings is 1. The molecule has 0 unspecified atom stereocenters. The molecule has 0 amide bonds. The zero-order chi connectivity index (χ0) is 13.1. The minimum absolute atomic E-state index is 0.737. The van der Waals surface area contributed by atoms with Gasteiger partial charge in [-0.05, 0) is 84.5 Å². The normalized spacial score (nSPS) is 23.6. The fraction of sp³-hybridized carbons (Fsp3) is 0.647. The van der Waals surface area contributed by atoms with Crippen LogP contribution in [0, 0.1) is 8.99 Å². The van der Waals surface area contributed by atoms with Gasteiger partial charge in [0.2, 0.25) is 0 Å². The van der Waals surface area contributed by atoms with E-state index in [-0.39, 0.29) is 0 Å². The van der Waals surface area contributed by atoms with Crippen molar-refractivity contribution in [2.75, 3.05) is 13.1 Å². The molecule has 0 aromatic heterocycles. The van der Waals surface area contributed by atoms with Gasteiger partial charge in [0.1, 0.15) is 0 Å². The topological polar surface area (TPSA) is 3.24 Å². The molecule has 0 atom stereocenters. The Bertz CT molecular complexity index is 396. The molecule has 2 fully saturated rings. The molecule has 2 aliphatic rings. The maximum atomic E-state index is 2.65. The monoisotopic (exact) mass is 369 g/mol. The van der Waals surface area contributed by atoms with Crippen LogP contribution in [-0.2, 0) is 6.54 Å². The number of nitrogens with zero attached hydrogens (tertiary/aromatic N) is 1. The van der Waals surface area contributed by atoms with Crippen LogP contribution in [0.25, 0.3) is 0 Å². The van der Waals surface area contributed by atoms with Gasteiger partial charge in [-0.1, -0.05) is 31.4 Å². The molecule has 1 nitrogen and oxygen atoms in total. The first kappa shape index (κ1) is 13.9. The fourth-order valence-corrected chi connectivity index (χ4v) is 4.19. The van der Waals surface area contributed by atoms with Gasteiger partial charge in [0.25, 0.3) is 0 Å². The van der Waals surface area contributed by atoms with Crippen LogP contribution in [0.3, 0.4) is 0 Å². The molecule has 0 radical (unpaired) electrons. The summed E-state index contributed by atoms with van der Waals surface area (Å²) in [5.74, 6) is 0. The summed E-state index contributed by atoms with van der Waals surface area (Å²) >= 11 is 2.38. The molecule has 1 heterocycles. The molecule has 104 valence electrons. The zero-order valence-electron chi connectivity index (χ0n) is 11.7. The number of benzene rings is 1. The van der Waals surface area contributed by atoms with Gasteiger partial charge in [0.05, 0.1) is 0 Å². The summed E-state index contributed by atoms with van der Waals surface area (Å²) in [5, 5.41) is 0. The Hall–Kier alpha value is -0.0900. The number of hydrogen-bond acceptors (Lipinski definition) is 1. The molecule has 1 aliphatic heterocycles. The predicted molar refractivity (Wildman–Crippen MR) is 89.2 cm³/mol. The van der Waals surface area contributed by atoms with Crippen molar-refractivity contribution in [3.63, 3.8) is 0 Å². The van der Waals surface area contributed by atoms with E-state index in [2.05, 4.69) is 51.8 Å². The Labute approximate surface area is 130 Å². The molecule has 1 saturated carbocycles. The van der Waals surface area contributed by atoms with Gasteiger partial charge in [-0.2, -0.15) is 0 Å². The van der Waals surface area contributed by atoms with Crippen LogP contribution in [0.15, 0.2) is 24.3 Å². The van der Waals surface area contributed by atoms with E-state index in [1.807, 2.05) is 0 Å². The van der Waals surface area contributed by atoms with E-state index < -0.39 is 0 Å². The number of hydrogen-bond donors (Lipinski definition) is 0. The highest BCUT2D eigenvalue weighted by Gasteiger charge is 2.35. The van der Waals surface area contributed by atoms with Crippen molar-refractivity contribution in [1.29, 1.82) is 0 Å². The summed E-state index contributed by atoms with van der Waals surface area (Å²) in [6.07, 6.45) is 10.3. The molecular formula is C17H24IN. The number of likely N-dealkylation sites (tertiary alicyclic amines) is 1. The maximum Gasteiger partial charge on any atom is 0.0233 e. The number of rotatable bonds is 2. The SMILES string of the molecule is Ic1ccc(CN2CCC3(CCCCC3)CC2)cc1. The summed E-state index contributed by atoms with van der Waals surface area (Å²) in [7, 11) is 0. The van der Waals surface area contributed by atoms with Crippen LogP contribution < -0.4 is 0 Å². The summed E-state index contributed by atoms with van der Waals surface area (Å²) in [4.78, 5) is 2.65. The average Bonchev–Trinajstić information content (AvgIpc) is 2.45. The third-order valence-corrected chi connectivity index (χ3v) is 5.87. The molecule has 3 rings (SSSR count). The van der Waals surface area contributed by atoms with Crippen molar-refractivity contribution < 1.29 is 0 Å². The van der Waals surface area contributed by atoms with Crippen molar-refractivity contribution in [1.82, 2.24) is 4.90 Å². The molecule has 0 bridgehead atoms. The summed E-state index contributed by atoms with van der Waals surface area (Å²) in [5.41, 5.74) is 2.21. The Morgan fingerprint density at radius 3 is 2.16 bits per heavy atom. The predicted octanol–water partition coefficient (Wildman–Crippen LogP) is 4.84. The molecule has 0 N–H and O–H groups in total. The van der Waals surface area contributed by atoms with Crippen LogP contribution in [0.1, 0.15) is 50.5 Å². The van der Waals surface area contributed by atoms with Crippen LogP contribution in [0.2, 0.25) is 0 Å². The van der Waals surface area contributed by atoms with Gasteiger partial charge in [-0.15, -0.1) is 0 Å². The van der Waals surface area contributed by atoms with Crippen molar-refractivity contribution in [3.05, 3.63) is 33.4 Å². The lowest BCUT2D eigenvalue weighted by Gasteiger charge is -2.44. The first-order valence-corrected chi connectivity index (χ1v) is 8.81. The smallest absolute Gasteiger partial charge is 0.0233 e. The lowest BCUT2D eigenvalue weighted by atomic mass is 9.68. The third-order valence-electron chi connectivity index (χ3n) is 5.15. The molecule has 19 heavy (non-hydrogen) atoms. The highest BCUT2D eigenvalue weighted by atomic mass is 127. The lowest BCUT2D eigenvalue weighted by Crippen LogP contribution is -2.40. The third kappa shape index (κ3) is 3.52. The van der Waals surface area contributed by atoms with Crippen molar-refractivity contribution in [2.24, 2.45) is 5.41 Å². The Morgan fingerprint density at radius 2 is 1.53 bits per heavy atom. The number of halogens is 1. The minimum atomic E-state index is 0.737. The van der Waals surface area contributed by atoms with Gasteiger partial charge in [0, 0.05) is 10.1 Å². The van der Waals surface area contributed by atoms with Crippen molar-refractivity contribution in [3.8, 4) is 0 Å². The van der Waals surface area contributed by atoms with Crippen LogP contribution in [0.4, 0.5) is 0 Å². The second-order valence-electron chi connectivity index (χ2n) is 6.46. The molecule has 1 saturated heterocycles. The van der Waals surface area contributed by atoms with Crippen LogP contribution in [-0.4, -0.2) is 18.0 Å². The van der Waals surface area contributed by atoms with Gasteiger partial charge in [-0.3, -0.25) is 4.90 Å². The van der Waals surface area contributed by atoms with Crippen LogP contribution >= 0.6 is 22.6 Å². The van der Waals surface area contributed by atoms with E-state index >= 15 is 0 Å². The van der Waals surface area contributed by atoms with Gasteiger partial charge >= 0.3 is 0 Å². The van der Waals surface area contributed by atoms with Gasteiger partial charge in [0.15, 0.2) is 0 Å². The molecule has 1 aromatic rings. The Balaban J connectivity index is 1.54. The van der Waals surface area contributed by atoms with Gasteiger partial charge in [-0.25, -0.2) is 0 Å². The minimum Gasteiger partial charge on any atom is -0.299 e. The maximum absolute atomic E-state index is 2.65. The standard InChI is InChI=1S/C17H24IN/c18-16-6-4-15(5-7-16)14-19-12-10-17(11-13-19)8-2-1-3-9-17/h4-7H,1-3,8-14H2. The highest BCUT2D eigenvalue weighted by molar-refractivity contribution is 14.1. The van der Waals surface area contributed by atoms with E-state index in [4.69, 9.17) is 0 Å². The van der Waals surface area contributed by atoms with E-state index in [1.165, 1.54) is 67.2 Å². The summed E-state index contributed by atoms with van der Waals surface area (Å²) in [6, 6.07) is 9.02. The molecule has 2 heteroatoms. The fourth-order valence-electron chi connectivity index (χ4n) is 3.84. The second kappa shape index (κ2) is 6.13. The Kier molecular flexibility index (Phi) is 4.47. The largest absolute Gasteiger partial charge is 0.299 e. The van der Waals surface area contributed by atoms with E-state index in [0.29, 0.717) is 0 Å². The quantitative estimate of drug-likeness (QED) is 0.675. The van der Waals surface area contributed by atoms with Crippen LogP contribution in [0.5, 0.6) is 0 Å².